The Morgan fingerprint density at radius 3 is 3.21 bits per heavy atom. The zero-order valence-corrected chi connectivity index (χ0v) is 11.9. The molecule has 0 aliphatic heterocycles. The number of nitrogens with zero attached hydrogens (tertiary/aromatic N) is 2. The second kappa shape index (κ2) is 4.92. The Morgan fingerprint density at radius 2 is 2.47 bits per heavy atom. The third-order valence-electron chi connectivity index (χ3n) is 3.01. The zero-order valence-electron chi connectivity index (χ0n) is 10.3. The number of fused-ring (bicyclic) bond motifs is 3. The lowest BCUT2D eigenvalue weighted by Crippen LogP contribution is -2.36. The normalized spacial score (nSPS) is 13.2. The molecule has 3 aromatic heterocycles. The number of thiazole rings is 1. The van der Waals surface area contributed by atoms with E-state index in [2.05, 4.69) is 10.3 Å². The molecule has 0 saturated heterocycles. The second-order valence-corrected chi connectivity index (χ2v) is 6.13. The Labute approximate surface area is 117 Å². The minimum Gasteiger partial charge on any atom is -0.394 e. The third kappa shape index (κ3) is 2.13. The van der Waals surface area contributed by atoms with E-state index in [1.807, 2.05) is 29.0 Å². The highest BCUT2D eigenvalue weighted by Gasteiger charge is 2.17. The fraction of sp³-hybridized carbons (Fsp3) is 0.333. The summed E-state index contributed by atoms with van der Waals surface area (Å²) in [6, 6.07) is 1.66. The topological polar surface area (TPSA) is 66.6 Å². The molecule has 0 aliphatic carbocycles. The van der Waals surface area contributed by atoms with E-state index in [9.17, 15) is 4.79 Å². The van der Waals surface area contributed by atoms with E-state index in [0.29, 0.717) is 11.3 Å². The molecule has 0 aromatic carbocycles. The van der Waals surface area contributed by atoms with E-state index >= 15 is 0 Å². The highest BCUT2D eigenvalue weighted by molar-refractivity contribution is 7.21. The summed E-state index contributed by atoms with van der Waals surface area (Å²) in [5.41, 5.74) is 0.962. The van der Waals surface area contributed by atoms with Crippen molar-refractivity contribution >= 4 is 43.9 Å². The van der Waals surface area contributed by atoms with Crippen molar-refractivity contribution in [3.63, 3.8) is 0 Å². The van der Waals surface area contributed by atoms with Gasteiger partial charge in [0.2, 0.25) is 0 Å². The van der Waals surface area contributed by atoms with Crippen molar-refractivity contribution < 1.29 is 9.90 Å². The van der Waals surface area contributed by atoms with E-state index < -0.39 is 0 Å². The quantitative estimate of drug-likeness (QED) is 0.774. The summed E-state index contributed by atoms with van der Waals surface area (Å²) in [5, 5.41) is 13.9. The Kier molecular flexibility index (Phi) is 3.26. The summed E-state index contributed by atoms with van der Waals surface area (Å²) < 4.78 is 1.98. The van der Waals surface area contributed by atoms with Crippen LogP contribution in [0.5, 0.6) is 0 Å². The number of aliphatic hydroxyl groups is 1. The lowest BCUT2D eigenvalue weighted by molar-refractivity contribution is 0.0919. The molecule has 0 radical (unpaired) electrons. The highest BCUT2D eigenvalue weighted by Crippen LogP contribution is 2.28. The molecular formula is C12H13N3O2S2. The number of thiophene rings is 1. The molecule has 0 fully saturated rings. The Hall–Kier alpha value is -1.44. The summed E-state index contributed by atoms with van der Waals surface area (Å²) >= 11 is 2.95. The van der Waals surface area contributed by atoms with Crippen molar-refractivity contribution in [2.75, 3.05) is 6.61 Å². The predicted molar refractivity (Wildman–Crippen MR) is 77.1 cm³/mol. The van der Waals surface area contributed by atoms with Crippen LogP contribution in [0.25, 0.3) is 15.3 Å². The van der Waals surface area contributed by atoms with E-state index in [1.54, 1.807) is 11.3 Å². The van der Waals surface area contributed by atoms with Crippen LogP contribution in [0.2, 0.25) is 0 Å². The average Bonchev–Trinajstić information content (AvgIpc) is 3.06. The largest absolute Gasteiger partial charge is 0.394 e. The maximum atomic E-state index is 12.1. The molecule has 0 unspecified atom stereocenters. The minimum atomic E-state index is -0.189. The number of nitrogens with one attached hydrogen (secondary N) is 1. The molecule has 0 saturated carbocycles. The molecule has 3 aromatic rings. The van der Waals surface area contributed by atoms with Crippen molar-refractivity contribution in [1.29, 1.82) is 0 Å². The summed E-state index contributed by atoms with van der Waals surface area (Å²) in [7, 11) is 0. The Bertz CT molecular complexity index is 724. The molecule has 0 aliphatic rings. The minimum absolute atomic E-state index is 0.0405. The first kappa shape index (κ1) is 12.6. The maximum absolute atomic E-state index is 12.1. The SMILES string of the molecule is CC[C@H](CO)NC(=O)c1cc2c(nc3sccn32)s1. The van der Waals surface area contributed by atoms with Gasteiger partial charge in [-0.15, -0.1) is 22.7 Å². The Morgan fingerprint density at radius 1 is 1.63 bits per heavy atom. The fourth-order valence-corrected chi connectivity index (χ4v) is 3.60. The number of hydrogen-bond donors (Lipinski definition) is 2. The van der Waals surface area contributed by atoms with Crippen molar-refractivity contribution in [3.05, 3.63) is 22.5 Å². The number of imidazole rings is 1. The first-order valence-electron chi connectivity index (χ1n) is 5.99. The van der Waals surface area contributed by atoms with E-state index in [1.165, 1.54) is 11.3 Å². The van der Waals surface area contributed by atoms with Crippen LogP contribution in [0.4, 0.5) is 0 Å². The van der Waals surface area contributed by atoms with Crippen LogP contribution < -0.4 is 5.32 Å². The van der Waals surface area contributed by atoms with Gasteiger partial charge < -0.3 is 10.4 Å². The van der Waals surface area contributed by atoms with E-state index in [0.717, 1.165) is 15.3 Å². The number of carbonyl (C=O) groups excluding carboxylic acids is 1. The van der Waals surface area contributed by atoms with Gasteiger partial charge in [0.05, 0.1) is 23.0 Å². The van der Waals surface area contributed by atoms with Gasteiger partial charge in [0.1, 0.15) is 4.83 Å². The number of aromatic nitrogens is 2. The van der Waals surface area contributed by atoms with Crippen molar-refractivity contribution in [3.8, 4) is 0 Å². The van der Waals surface area contributed by atoms with Crippen LogP contribution in [-0.2, 0) is 0 Å². The summed E-state index contributed by atoms with van der Waals surface area (Å²) in [6.45, 7) is 1.89. The van der Waals surface area contributed by atoms with Crippen LogP contribution in [-0.4, -0.2) is 33.0 Å². The van der Waals surface area contributed by atoms with Crippen molar-refractivity contribution in [1.82, 2.24) is 14.7 Å². The van der Waals surface area contributed by atoms with Crippen LogP contribution in [0.3, 0.4) is 0 Å². The first-order chi connectivity index (χ1) is 9.22. The van der Waals surface area contributed by atoms with E-state index in [-0.39, 0.29) is 18.6 Å². The zero-order chi connectivity index (χ0) is 13.4. The van der Waals surface area contributed by atoms with Gasteiger partial charge >= 0.3 is 0 Å². The fourth-order valence-electron chi connectivity index (χ4n) is 1.89. The van der Waals surface area contributed by atoms with Gasteiger partial charge in [-0.2, -0.15) is 0 Å². The van der Waals surface area contributed by atoms with Crippen LogP contribution in [0.1, 0.15) is 23.0 Å². The highest BCUT2D eigenvalue weighted by atomic mass is 32.1. The van der Waals surface area contributed by atoms with Gasteiger partial charge in [0.15, 0.2) is 4.96 Å². The molecule has 3 heterocycles. The molecule has 3 rings (SSSR count). The molecule has 7 heteroatoms. The lowest BCUT2D eigenvalue weighted by atomic mass is 10.2. The van der Waals surface area contributed by atoms with Gasteiger partial charge in [-0.1, -0.05) is 6.92 Å². The van der Waals surface area contributed by atoms with E-state index in [4.69, 9.17) is 5.11 Å². The first-order valence-corrected chi connectivity index (χ1v) is 7.69. The number of amides is 1. The van der Waals surface area contributed by atoms with Crippen LogP contribution >= 0.6 is 22.7 Å². The molecule has 1 amide bonds. The molecular weight excluding hydrogens is 282 g/mol. The molecule has 19 heavy (non-hydrogen) atoms. The van der Waals surface area contributed by atoms with Gasteiger partial charge in [0, 0.05) is 11.6 Å². The van der Waals surface area contributed by atoms with Gasteiger partial charge in [-0.25, -0.2) is 4.98 Å². The Balaban J connectivity index is 1.92. The predicted octanol–water partition coefficient (Wildman–Crippen LogP) is 2.11. The molecule has 0 bridgehead atoms. The number of hydrogen-bond acceptors (Lipinski definition) is 5. The number of carbonyl (C=O) groups is 1. The van der Waals surface area contributed by atoms with Crippen LogP contribution in [0, 0.1) is 0 Å². The number of aliphatic hydroxyl groups excluding tert-OH is 1. The average molecular weight is 295 g/mol. The summed E-state index contributed by atoms with van der Waals surface area (Å²) in [6.07, 6.45) is 2.66. The van der Waals surface area contributed by atoms with Gasteiger partial charge in [0.25, 0.3) is 5.91 Å². The standard InChI is InChI=1S/C12H13N3O2S2/c1-2-7(6-16)13-10(17)9-5-8-11(19-9)14-12-15(8)3-4-18-12/h3-5,7,16H,2,6H2,1H3,(H,13,17)/t7-/m1/s1. The molecule has 1 atom stereocenters. The maximum Gasteiger partial charge on any atom is 0.261 e. The van der Waals surface area contributed by atoms with Gasteiger partial charge in [-0.05, 0) is 12.5 Å². The van der Waals surface area contributed by atoms with Crippen LogP contribution in [0.15, 0.2) is 17.6 Å². The molecule has 2 N–H and O–H groups in total. The third-order valence-corrected chi connectivity index (χ3v) is 4.79. The van der Waals surface area contributed by atoms with Gasteiger partial charge in [-0.3, -0.25) is 9.20 Å². The molecule has 100 valence electrons. The second-order valence-electron chi connectivity index (χ2n) is 4.23. The summed E-state index contributed by atoms with van der Waals surface area (Å²) in [5.74, 6) is -0.145. The number of rotatable bonds is 4. The molecule has 5 nitrogen and oxygen atoms in total. The molecule has 0 spiro atoms. The lowest BCUT2D eigenvalue weighted by Gasteiger charge is -2.12. The van der Waals surface area contributed by atoms with Crippen molar-refractivity contribution in [2.24, 2.45) is 0 Å². The monoisotopic (exact) mass is 295 g/mol. The summed E-state index contributed by atoms with van der Waals surface area (Å²) in [4.78, 5) is 19.0. The van der Waals surface area contributed by atoms with Crippen molar-refractivity contribution in [2.45, 2.75) is 19.4 Å². The smallest absolute Gasteiger partial charge is 0.261 e.